The molecule has 0 aliphatic carbocycles. The minimum absolute atomic E-state index is 0.0179. The summed E-state index contributed by atoms with van der Waals surface area (Å²) in [6.07, 6.45) is 0. The third kappa shape index (κ3) is 5.66. The highest BCUT2D eigenvalue weighted by Gasteiger charge is 2.14. The van der Waals surface area contributed by atoms with E-state index in [0.29, 0.717) is 5.75 Å². The van der Waals surface area contributed by atoms with Crippen molar-refractivity contribution >= 4 is 40.6 Å². The molecule has 0 spiro atoms. The molecule has 0 unspecified atom stereocenters. The van der Waals surface area contributed by atoms with Crippen LogP contribution < -0.4 is 10.2 Å². The largest absolute Gasteiger partial charge is 0.369 e. The van der Waals surface area contributed by atoms with Crippen molar-refractivity contribution in [2.45, 2.75) is 5.75 Å². The van der Waals surface area contributed by atoms with Crippen molar-refractivity contribution in [1.29, 1.82) is 0 Å². The van der Waals surface area contributed by atoms with Gasteiger partial charge in [0.1, 0.15) is 0 Å². The molecule has 1 aliphatic heterocycles. The predicted molar refractivity (Wildman–Crippen MR) is 112 cm³/mol. The summed E-state index contributed by atoms with van der Waals surface area (Å²) in [4.78, 5) is 16.8. The Morgan fingerprint density at radius 3 is 2.54 bits per heavy atom. The Balaban J connectivity index is 1.44. The second kappa shape index (κ2) is 9.31. The molecule has 1 saturated heterocycles. The van der Waals surface area contributed by atoms with Crippen LogP contribution in [-0.2, 0) is 10.5 Å². The van der Waals surface area contributed by atoms with Gasteiger partial charge in [-0.3, -0.25) is 4.79 Å². The van der Waals surface area contributed by atoms with Crippen molar-refractivity contribution in [3.8, 4) is 0 Å². The van der Waals surface area contributed by atoms with Crippen molar-refractivity contribution < 1.29 is 4.79 Å². The molecule has 6 heteroatoms. The number of likely N-dealkylation sites (N-methyl/N-ethyl adjacent to an activating group) is 1. The monoisotopic (exact) mass is 389 g/mol. The van der Waals surface area contributed by atoms with E-state index in [4.69, 9.17) is 11.6 Å². The Kier molecular flexibility index (Phi) is 6.83. The molecule has 0 aromatic heterocycles. The van der Waals surface area contributed by atoms with Crippen molar-refractivity contribution in [2.24, 2.45) is 0 Å². The van der Waals surface area contributed by atoms with Gasteiger partial charge in [0.05, 0.1) is 5.75 Å². The first-order valence-corrected chi connectivity index (χ1v) is 10.3. The molecule has 2 aromatic carbocycles. The van der Waals surface area contributed by atoms with Crippen LogP contribution in [0.25, 0.3) is 0 Å². The Bertz CT molecular complexity index is 730. The first kappa shape index (κ1) is 19.1. The number of halogens is 1. The van der Waals surface area contributed by atoms with E-state index in [1.807, 2.05) is 36.4 Å². The van der Waals surface area contributed by atoms with E-state index in [1.54, 1.807) is 11.8 Å². The fourth-order valence-corrected chi connectivity index (χ4v) is 3.89. The zero-order valence-electron chi connectivity index (χ0n) is 15.0. The standard InChI is InChI=1S/C20H24ClN3OS/c1-23-9-11-24(12-10-23)19-7-5-18(6-8-19)22-20(25)15-26-14-16-3-2-4-17(21)13-16/h2-8,13H,9-12,14-15H2,1H3,(H,22,25). The topological polar surface area (TPSA) is 35.6 Å². The third-order valence-electron chi connectivity index (χ3n) is 4.41. The van der Waals surface area contributed by atoms with Gasteiger partial charge in [0.2, 0.25) is 5.91 Å². The number of nitrogens with one attached hydrogen (secondary N) is 1. The lowest BCUT2D eigenvalue weighted by atomic mass is 10.2. The van der Waals surface area contributed by atoms with Crippen LogP contribution in [-0.4, -0.2) is 49.8 Å². The molecule has 4 nitrogen and oxygen atoms in total. The number of amides is 1. The van der Waals surface area contributed by atoms with Crippen LogP contribution in [0, 0.1) is 0 Å². The number of carbonyl (C=O) groups excluding carboxylic acids is 1. The van der Waals surface area contributed by atoms with Crippen LogP contribution in [0.15, 0.2) is 48.5 Å². The van der Waals surface area contributed by atoms with Gasteiger partial charge in [-0.15, -0.1) is 11.8 Å². The fourth-order valence-electron chi connectivity index (χ4n) is 2.91. The summed E-state index contributed by atoms with van der Waals surface area (Å²) < 4.78 is 0. The number of hydrogen-bond acceptors (Lipinski definition) is 4. The molecule has 0 radical (unpaired) electrons. The number of hydrogen-bond donors (Lipinski definition) is 1. The van der Waals surface area contributed by atoms with Gasteiger partial charge in [0, 0.05) is 48.3 Å². The minimum Gasteiger partial charge on any atom is -0.369 e. The van der Waals surface area contributed by atoms with Crippen molar-refractivity contribution in [3.63, 3.8) is 0 Å². The van der Waals surface area contributed by atoms with Gasteiger partial charge in [-0.2, -0.15) is 0 Å². The maximum Gasteiger partial charge on any atom is 0.234 e. The molecule has 1 aliphatic rings. The molecule has 2 aromatic rings. The van der Waals surface area contributed by atoms with Crippen LogP contribution in [0.5, 0.6) is 0 Å². The molecule has 0 saturated carbocycles. The fraction of sp³-hybridized carbons (Fsp3) is 0.350. The van der Waals surface area contributed by atoms with E-state index in [-0.39, 0.29) is 5.91 Å². The molecule has 26 heavy (non-hydrogen) atoms. The summed E-state index contributed by atoms with van der Waals surface area (Å²) in [5.41, 5.74) is 3.19. The molecular weight excluding hydrogens is 366 g/mol. The van der Waals surface area contributed by atoms with Crippen LogP contribution in [0.3, 0.4) is 0 Å². The Morgan fingerprint density at radius 2 is 1.85 bits per heavy atom. The van der Waals surface area contributed by atoms with Gasteiger partial charge in [-0.1, -0.05) is 23.7 Å². The molecule has 1 N–H and O–H groups in total. The first-order valence-electron chi connectivity index (χ1n) is 8.76. The van der Waals surface area contributed by atoms with Crippen LogP contribution in [0.1, 0.15) is 5.56 Å². The number of anilines is 2. The highest BCUT2D eigenvalue weighted by molar-refractivity contribution is 7.99. The van der Waals surface area contributed by atoms with Gasteiger partial charge >= 0.3 is 0 Å². The zero-order chi connectivity index (χ0) is 18.4. The number of nitrogens with zero attached hydrogens (tertiary/aromatic N) is 2. The minimum atomic E-state index is 0.0179. The van der Waals surface area contributed by atoms with E-state index in [9.17, 15) is 4.79 Å². The van der Waals surface area contributed by atoms with Crippen molar-refractivity contribution in [1.82, 2.24) is 4.90 Å². The smallest absolute Gasteiger partial charge is 0.234 e. The van der Waals surface area contributed by atoms with Crippen LogP contribution >= 0.6 is 23.4 Å². The summed E-state index contributed by atoms with van der Waals surface area (Å²) >= 11 is 7.56. The Labute approximate surface area is 164 Å². The molecule has 1 fully saturated rings. The quantitative estimate of drug-likeness (QED) is 0.811. The average Bonchev–Trinajstić information content (AvgIpc) is 2.63. The maximum atomic E-state index is 12.1. The van der Waals surface area contributed by atoms with Gasteiger partial charge in [0.15, 0.2) is 0 Å². The van der Waals surface area contributed by atoms with E-state index in [0.717, 1.165) is 48.2 Å². The second-order valence-corrected chi connectivity index (χ2v) is 7.93. The van der Waals surface area contributed by atoms with E-state index in [1.165, 1.54) is 5.69 Å². The summed E-state index contributed by atoms with van der Waals surface area (Å²) in [7, 11) is 2.15. The van der Waals surface area contributed by atoms with Crippen molar-refractivity contribution in [2.75, 3.05) is 49.2 Å². The number of carbonyl (C=O) groups is 1. The van der Waals surface area contributed by atoms with Crippen LogP contribution in [0.4, 0.5) is 11.4 Å². The summed E-state index contributed by atoms with van der Waals surface area (Å²) in [6.45, 7) is 4.26. The van der Waals surface area contributed by atoms with Gasteiger partial charge in [-0.25, -0.2) is 0 Å². The first-order chi connectivity index (χ1) is 12.6. The Hall–Kier alpha value is -1.69. The zero-order valence-corrected chi connectivity index (χ0v) is 16.5. The highest BCUT2D eigenvalue weighted by Crippen LogP contribution is 2.20. The Morgan fingerprint density at radius 1 is 1.12 bits per heavy atom. The number of rotatable bonds is 6. The number of thioether (sulfide) groups is 1. The van der Waals surface area contributed by atoms with Crippen molar-refractivity contribution in [3.05, 3.63) is 59.1 Å². The van der Waals surface area contributed by atoms with Gasteiger partial charge < -0.3 is 15.1 Å². The lowest BCUT2D eigenvalue weighted by Gasteiger charge is -2.34. The molecule has 3 rings (SSSR count). The molecule has 1 heterocycles. The van der Waals surface area contributed by atoms with Gasteiger partial charge in [0.25, 0.3) is 0 Å². The average molecular weight is 390 g/mol. The molecule has 0 bridgehead atoms. The highest BCUT2D eigenvalue weighted by atomic mass is 35.5. The predicted octanol–water partition coefficient (Wildman–Crippen LogP) is 3.96. The summed E-state index contributed by atoms with van der Waals surface area (Å²) in [5.74, 6) is 1.22. The normalized spacial score (nSPS) is 15.1. The summed E-state index contributed by atoms with van der Waals surface area (Å²) in [6, 6.07) is 15.9. The molecular formula is C20H24ClN3OS. The molecule has 1 amide bonds. The molecule has 138 valence electrons. The van der Waals surface area contributed by atoms with E-state index in [2.05, 4.69) is 34.3 Å². The van der Waals surface area contributed by atoms with Crippen LogP contribution in [0.2, 0.25) is 5.02 Å². The molecule has 0 atom stereocenters. The lowest BCUT2D eigenvalue weighted by molar-refractivity contribution is -0.113. The van der Waals surface area contributed by atoms with Gasteiger partial charge in [-0.05, 0) is 49.0 Å². The lowest BCUT2D eigenvalue weighted by Crippen LogP contribution is -2.44. The number of piperazine rings is 1. The number of benzene rings is 2. The van der Waals surface area contributed by atoms with E-state index >= 15 is 0 Å². The van der Waals surface area contributed by atoms with E-state index < -0.39 is 0 Å². The maximum absolute atomic E-state index is 12.1. The third-order valence-corrected chi connectivity index (χ3v) is 5.65. The summed E-state index contributed by atoms with van der Waals surface area (Å²) in [5, 5.41) is 3.69. The second-order valence-electron chi connectivity index (χ2n) is 6.51. The SMILES string of the molecule is CN1CCN(c2ccc(NC(=O)CSCc3cccc(Cl)c3)cc2)CC1.